The van der Waals surface area contributed by atoms with Gasteiger partial charge in [0.15, 0.2) is 11.6 Å². The van der Waals surface area contributed by atoms with Gasteiger partial charge in [0.1, 0.15) is 0 Å². The van der Waals surface area contributed by atoms with Crippen LogP contribution in [0.4, 0.5) is 4.39 Å². The van der Waals surface area contributed by atoms with Crippen LogP contribution in [0.1, 0.15) is 47.4 Å². The Morgan fingerprint density at radius 3 is 2.20 bits per heavy atom. The van der Waals surface area contributed by atoms with Gasteiger partial charge in [-0.3, -0.25) is 0 Å². The maximum Gasteiger partial charge on any atom is 0.344 e. The number of carbonyl (C=O) groups excluding carboxylic acids is 2. The fourth-order valence-electron chi connectivity index (χ4n) is 2.26. The molecule has 0 spiro atoms. The second kappa shape index (κ2) is 8.97. The molecule has 0 radical (unpaired) electrons. The Labute approximate surface area is 146 Å². The molecule has 25 heavy (non-hydrogen) atoms. The molecule has 0 heterocycles. The van der Waals surface area contributed by atoms with Crippen LogP contribution in [0.3, 0.4) is 0 Å². The van der Waals surface area contributed by atoms with Crippen molar-refractivity contribution >= 4 is 11.9 Å². The quantitative estimate of drug-likeness (QED) is 0.417. The Morgan fingerprint density at radius 2 is 1.56 bits per heavy atom. The third kappa shape index (κ3) is 5.41. The number of halogens is 1. The second-order valence-corrected chi connectivity index (χ2v) is 6.04. The Kier molecular flexibility index (Phi) is 6.69. The highest BCUT2D eigenvalue weighted by molar-refractivity contribution is 6.03. The van der Waals surface area contributed by atoms with Crippen molar-refractivity contribution < 1.29 is 23.5 Å². The van der Waals surface area contributed by atoms with Crippen molar-refractivity contribution in [1.29, 1.82) is 0 Å². The van der Waals surface area contributed by atoms with Gasteiger partial charge < -0.3 is 9.47 Å². The molecule has 0 fully saturated rings. The van der Waals surface area contributed by atoms with Crippen molar-refractivity contribution in [2.45, 2.75) is 26.7 Å². The molecule has 0 unspecified atom stereocenters. The van der Waals surface area contributed by atoms with Gasteiger partial charge in [-0.15, -0.1) is 0 Å². The second-order valence-electron chi connectivity index (χ2n) is 6.04. The van der Waals surface area contributed by atoms with Gasteiger partial charge in [0.25, 0.3) is 0 Å². The zero-order chi connectivity index (χ0) is 18.2. The van der Waals surface area contributed by atoms with Crippen LogP contribution in [0, 0.1) is 11.7 Å². The number of ether oxygens (including phenoxy) is 2. The number of carbonyl (C=O) groups is 2. The highest BCUT2D eigenvalue weighted by atomic mass is 19.1. The van der Waals surface area contributed by atoms with Crippen molar-refractivity contribution in [1.82, 2.24) is 0 Å². The van der Waals surface area contributed by atoms with E-state index in [9.17, 15) is 14.0 Å². The molecular formula is C20H21FO4. The molecule has 0 aliphatic heterocycles. The van der Waals surface area contributed by atoms with E-state index < -0.39 is 17.8 Å². The van der Waals surface area contributed by atoms with E-state index in [4.69, 9.17) is 9.47 Å². The summed E-state index contributed by atoms with van der Waals surface area (Å²) in [6.45, 7) is 4.47. The Morgan fingerprint density at radius 1 is 0.960 bits per heavy atom. The van der Waals surface area contributed by atoms with E-state index in [1.165, 1.54) is 30.3 Å². The lowest BCUT2D eigenvalue weighted by Crippen LogP contribution is -2.16. The zero-order valence-corrected chi connectivity index (χ0v) is 14.3. The first-order valence-corrected chi connectivity index (χ1v) is 8.22. The van der Waals surface area contributed by atoms with Crippen LogP contribution in [-0.4, -0.2) is 18.5 Å². The lowest BCUT2D eigenvalue weighted by Gasteiger charge is -2.10. The minimum Gasteiger partial charge on any atom is -0.462 e. The molecule has 2 rings (SSSR count). The summed E-state index contributed by atoms with van der Waals surface area (Å²) in [5, 5.41) is 0. The first-order chi connectivity index (χ1) is 12.0. The average molecular weight is 344 g/mol. The van der Waals surface area contributed by atoms with Crippen LogP contribution in [0.15, 0.2) is 48.5 Å². The van der Waals surface area contributed by atoms with Crippen LogP contribution < -0.4 is 4.74 Å². The number of benzene rings is 2. The molecule has 2 aromatic carbocycles. The fourth-order valence-corrected chi connectivity index (χ4v) is 2.26. The zero-order valence-electron chi connectivity index (χ0n) is 14.3. The lowest BCUT2D eigenvalue weighted by atomic mass is 10.1. The molecule has 0 amide bonds. The third-order valence-electron chi connectivity index (χ3n) is 3.57. The molecule has 0 aliphatic carbocycles. The molecule has 0 bridgehead atoms. The monoisotopic (exact) mass is 344 g/mol. The van der Waals surface area contributed by atoms with E-state index >= 15 is 0 Å². The summed E-state index contributed by atoms with van der Waals surface area (Å²) in [7, 11) is 0. The van der Waals surface area contributed by atoms with E-state index in [-0.39, 0.29) is 23.5 Å². The first-order valence-electron chi connectivity index (χ1n) is 8.22. The van der Waals surface area contributed by atoms with Crippen LogP contribution in [-0.2, 0) is 4.74 Å². The van der Waals surface area contributed by atoms with Gasteiger partial charge in [0, 0.05) is 0 Å². The largest absolute Gasteiger partial charge is 0.462 e. The minimum atomic E-state index is -0.806. The number of para-hydroxylation sites is 1. The smallest absolute Gasteiger partial charge is 0.344 e. The third-order valence-corrected chi connectivity index (χ3v) is 3.57. The maximum atomic E-state index is 13.6. The summed E-state index contributed by atoms with van der Waals surface area (Å²) in [4.78, 5) is 24.5. The molecule has 0 saturated carbocycles. The van der Waals surface area contributed by atoms with Crippen molar-refractivity contribution in [3.8, 4) is 5.75 Å². The van der Waals surface area contributed by atoms with Crippen molar-refractivity contribution in [2.24, 2.45) is 5.92 Å². The van der Waals surface area contributed by atoms with Gasteiger partial charge in [-0.2, -0.15) is 0 Å². The van der Waals surface area contributed by atoms with Gasteiger partial charge in [-0.05, 0) is 43.0 Å². The molecule has 5 heteroatoms. The molecular weight excluding hydrogens is 323 g/mol. The first kappa shape index (κ1) is 18.6. The van der Waals surface area contributed by atoms with Crippen molar-refractivity contribution in [2.75, 3.05) is 6.61 Å². The van der Waals surface area contributed by atoms with Crippen LogP contribution >= 0.6 is 0 Å². The summed E-state index contributed by atoms with van der Waals surface area (Å²) in [6.07, 6.45) is 1.70. The number of rotatable bonds is 7. The summed E-state index contributed by atoms with van der Waals surface area (Å²) in [5.41, 5.74) is 0.146. The SMILES string of the molecule is CC(C)CCCOC(=O)c1ccccc1C(=O)Oc1ccccc1F. The number of hydrogen-bond donors (Lipinski definition) is 0. The summed E-state index contributed by atoms with van der Waals surface area (Å²) < 4.78 is 23.9. The predicted molar refractivity (Wildman–Crippen MR) is 92.2 cm³/mol. The van der Waals surface area contributed by atoms with E-state index in [0.29, 0.717) is 5.92 Å². The molecule has 132 valence electrons. The van der Waals surface area contributed by atoms with Gasteiger partial charge >= 0.3 is 11.9 Å². The summed E-state index contributed by atoms with van der Waals surface area (Å²) in [6, 6.07) is 11.8. The molecule has 0 aliphatic rings. The van der Waals surface area contributed by atoms with Crippen molar-refractivity contribution in [3.05, 3.63) is 65.5 Å². The molecule has 2 aromatic rings. The highest BCUT2D eigenvalue weighted by Crippen LogP contribution is 2.19. The summed E-state index contributed by atoms with van der Waals surface area (Å²) in [5.74, 6) is -1.70. The number of hydrogen-bond acceptors (Lipinski definition) is 4. The fraction of sp³-hybridized carbons (Fsp3) is 0.300. The standard InChI is InChI=1S/C20H21FO4/c1-14(2)8-7-13-24-19(22)15-9-3-4-10-16(15)20(23)25-18-12-6-5-11-17(18)21/h3-6,9-12,14H,7-8,13H2,1-2H3. The summed E-state index contributed by atoms with van der Waals surface area (Å²) >= 11 is 0. The van der Waals surface area contributed by atoms with E-state index in [2.05, 4.69) is 13.8 Å². The van der Waals surface area contributed by atoms with E-state index in [1.807, 2.05) is 0 Å². The Bertz CT molecular complexity index is 740. The van der Waals surface area contributed by atoms with Gasteiger partial charge in [-0.1, -0.05) is 38.1 Å². The minimum absolute atomic E-state index is 0.0413. The van der Waals surface area contributed by atoms with Crippen LogP contribution in [0.5, 0.6) is 5.75 Å². The van der Waals surface area contributed by atoms with Crippen LogP contribution in [0.25, 0.3) is 0 Å². The molecule has 0 N–H and O–H groups in total. The topological polar surface area (TPSA) is 52.6 Å². The van der Waals surface area contributed by atoms with Gasteiger partial charge in [-0.25, -0.2) is 14.0 Å². The maximum absolute atomic E-state index is 13.6. The lowest BCUT2D eigenvalue weighted by molar-refractivity contribution is 0.0486. The van der Waals surface area contributed by atoms with E-state index in [0.717, 1.165) is 12.8 Å². The van der Waals surface area contributed by atoms with Crippen LogP contribution in [0.2, 0.25) is 0 Å². The predicted octanol–water partition coefficient (Wildman–Crippen LogP) is 4.64. The van der Waals surface area contributed by atoms with Gasteiger partial charge in [0.2, 0.25) is 0 Å². The number of esters is 2. The molecule has 0 aromatic heterocycles. The van der Waals surface area contributed by atoms with E-state index in [1.54, 1.807) is 18.2 Å². The average Bonchev–Trinajstić information content (AvgIpc) is 2.60. The molecule has 4 nitrogen and oxygen atoms in total. The normalized spacial score (nSPS) is 10.6. The Hall–Kier alpha value is -2.69. The highest BCUT2D eigenvalue weighted by Gasteiger charge is 2.20. The Balaban J connectivity index is 2.07. The molecule has 0 atom stereocenters. The molecule has 0 saturated heterocycles. The van der Waals surface area contributed by atoms with Gasteiger partial charge in [0.05, 0.1) is 17.7 Å². The van der Waals surface area contributed by atoms with Crippen molar-refractivity contribution in [3.63, 3.8) is 0 Å².